The van der Waals surface area contributed by atoms with Crippen molar-refractivity contribution >= 4 is 48.6 Å². The predicted molar refractivity (Wildman–Crippen MR) is 102 cm³/mol. The van der Waals surface area contributed by atoms with Gasteiger partial charge >= 0.3 is 0 Å². The zero-order chi connectivity index (χ0) is 16.8. The fraction of sp³-hybridized carbons (Fsp3) is 0.150. The summed E-state index contributed by atoms with van der Waals surface area (Å²) in [6.07, 6.45) is -1.13. The number of carbonyl (C=O) groups is 1. The van der Waals surface area contributed by atoms with E-state index < -0.39 is 6.10 Å². The lowest BCUT2D eigenvalue weighted by Gasteiger charge is -2.11. The van der Waals surface area contributed by atoms with Gasteiger partial charge in [0.1, 0.15) is 6.10 Å². The third-order valence-electron chi connectivity index (χ3n) is 4.36. The first-order valence-corrected chi connectivity index (χ1v) is 9.39. The van der Waals surface area contributed by atoms with E-state index >= 15 is 0 Å². The Morgan fingerprint density at radius 3 is 2.12 bits per heavy atom. The van der Waals surface area contributed by atoms with Gasteiger partial charge < -0.3 is 5.11 Å². The lowest BCUT2D eigenvalue weighted by atomic mass is 9.96. The summed E-state index contributed by atoms with van der Waals surface area (Å²) in [7, 11) is 0. The smallest absolute Gasteiger partial charge is 0.197 e. The Morgan fingerprint density at radius 2 is 1.42 bits per heavy atom. The highest BCUT2D eigenvalue weighted by Gasteiger charge is 2.27. The number of aliphatic hydroxyl groups is 1. The van der Waals surface area contributed by atoms with E-state index in [0.717, 1.165) is 35.5 Å². The lowest BCUT2D eigenvalue weighted by molar-refractivity contribution is 0.0751. The highest BCUT2D eigenvalue weighted by molar-refractivity contribution is 7.19. The van der Waals surface area contributed by atoms with Gasteiger partial charge in [-0.05, 0) is 31.4 Å². The maximum Gasteiger partial charge on any atom is 0.197 e. The van der Waals surface area contributed by atoms with Crippen LogP contribution in [0.25, 0.3) is 20.2 Å². The molecule has 0 aliphatic rings. The molecule has 0 spiro atoms. The first-order chi connectivity index (χ1) is 11.6. The molecule has 2 heterocycles. The van der Waals surface area contributed by atoms with E-state index in [1.807, 2.05) is 62.4 Å². The number of Topliss-reactive ketones (excluding diaryl/α,β-unsaturated/α-hetero) is 1. The van der Waals surface area contributed by atoms with Crippen LogP contribution in [-0.2, 0) is 0 Å². The molecular formula is C20H16O2S2. The van der Waals surface area contributed by atoms with Crippen molar-refractivity contribution < 1.29 is 9.90 Å². The molecule has 4 aromatic rings. The van der Waals surface area contributed by atoms with Crippen LogP contribution in [0.2, 0.25) is 0 Å². The zero-order valence-corrected chi connectivity index (χ0v) is 15.0. The van der Waals surface area contributed by atoms with Gasteiger partial charge in [0.05, 0.1) is 0 Å². The minimum Gasteiger partial charge on any atom is -0.380 e. The molecule has 0 aliphatic carbocycles. The van der Waals surface area contributed by atoms with Crippen molar-refractivity contribution in [2.24, 2.45) is 0 Å². The monoisotopic (exact) mass is 352 g/mol. The van der Waals surface area contributed by atoms with Crippen LogP contribution in [-0.4, -0.2) is 10.9 Å². The average molecular weight is 352 g/mol. The fourth-order valence-electron chi connectivity index (χ4n) is 3.27. The number of fused-ring (bicyclic) bond motifs is 2. The molecule has 4 heteroatoms. The number of hydrogen-bond donors (Lipinski definition) is 1. The van der Waals surface area contributed by atoms with Gasteiger partial charge in [-0.3, -0.25) is 4.79 Å². The van der Waals surface area contributed by atoms with Gasteiger partial charge in [0, 0.05) is 35.7 Å². The minimum atomic E-state index is -1.13. The summed E-state index contributed by atoms with van der Waals surface area (Å²) >= 11 is 3.22. The van der Waals surface area contributed by atoms with Gasteiger partial charge in [0.15, 0.2) is 5.78 Å². The molecule has 0 radical (unpaired) electrons. The second-order valence-corrected chi connectivity index (χ2v) is 8.38. The minimum absolute atomic E-state index is 0.211. The number of carbonyl (C=O) groups excluding carboxylic acids is 1. The van der Waals surface area contributed by atoms with Crippen molar-refractivity contribution in [2.75, 3.05) is 0 Å². The Hall–Kier alpha value is -2.01. The third-order valence-corrected chi connectivity index (χ3v) is 6.55. The Morgan fingerprint density at radius 1 is 0.875 bits per heavy atom. The quantitative estimate of drug-likeness (QED) is 0.484. The van der Waals surface area contributed by atoms with Crippen molar-refractivity contribution in [1.29, 1.82) is 0 Å². The van der Waals surface area contributed by atoms with E-state index in [0.29, 0.717) is 5.56 Å². The Bertz CT molecular complexity index is 1070. The Labute approximate surface area is 148 Å². The average Bonchev–Trinajstić information content (AvgIpc) is 3.08. The second kappa shape index (κ2) is 5.81. The van der Waals surface area contributed by atoms with E-state index in [1.165, 1.54) is 0 Å². The van der Waals surface area contributed by atoms with Gasteiger partial charge in [0.2, 0.25) is 0 Å². The van der Waals surface area contributed by atoms with Crippen LogP contribution >= 0.6 is 22.7 Å². The number of rotatable bonds is 3. The standard InChI is InChI=1S/C20H16O2S2/c1-11-17(13-7-3-5-9-15(13)23-11)19(21)20(22)18-12(2)24-16-10-6-4-8-14(16)18/h3-10,19,21H,1-2H3. The van der Waals surface area contributed by atoms with E-state index in [9.17, 15) is 9.90 Å². The summed E-state index contributed by atoms with van der Waals surface area (Å²) in [6.45, 7) is 3.91. The van der Waals surface area contributed by atoms with Crippen molar-refractivity contribution in [3.63, 3.8) is 0 Å². The lowest BCUT2D eigenvalue weighted by Crippen LogP contribution is -2.13. The van der Waals surface area contributed by atoms with Crippen LogP contribution in [0.3, 0.4) is 0 Å². The van der Waals surface area contributed by atoms with Gasteiger partial charge in [-0.2, -0.15) is 0 Å². The topological polar surface area (TPSA) is 37.3 Å². The summed E-state index contributed by atoms with van der Waals surface area (Å²) in [5.41, 5.74) is 1.40. The van der Waals surface area contributed by atoms with Gasteiger partial charge in [-0.15, -0.1) is 22.7 Å². The molecule has 1 atom stereocenters. The second-order valence-electron chi connectivity index (χ2n) is 5.86. The number of thiophene rings is 2. The number of aliphatic hydroxyl groups excluding tert-OH is 1. The van der Waals surface area contributed by atoms with E-state index in [2.05, 4.69) is 0 Å². The van der Waals surface area contributed by atoms with E-state index in [4.69, 9.17) is 0 Å². The molecule has 0 saturated heterocycles. The van der Waals surface area contributed by atoms with Crippen molar-refractivity contribution in [2.45, 2.75) is 20.0 Å². The molecule has 0 aliphatic heterocycles. The van der Waals surface area contributed by atoms with Gasteiger partial charge in [-0.1, -0.05) is 36.4 Å². The summed E-state index contributed by atoms with van der Waals surface area (Å²) in [5, 5.41) is 12.8. The van der Waals surface area contributed by atoms with Crippen molar-refractivity contribution in [3.05, 3.63) is 69.4 Å². The molecule has 4 rings (SSSR count). The van der Waals surface area contributed by atoms with Crippen LogP contribution < -0.4 is 0 Å². The van der Waals surface area contributed by atoms with Crippen LogP contribution in [0.4, 0.5) is 0 Å². The van der Waals surface area contributed by atoms with Gasteiger partial charge in [-0.25, -0.2) is 0 Å². The van der Waals surface area contributed by atoms with Crippen molar-refractivity contribution in [3.8, 4) is 0 Å². The largest absolute Gasteiger partial charge is 0.380 e. The maximum atomic E-state index is 13.1. The third kappa shape index (κ3) is 2.30. The summed E-state index contributed by atoms with van der Waals surface area (Å²) in [6, 6.07) is 15.8. The molecule has 0 amide bonds. The number of benzene rings is 2. The molecule has 0 fully saturated rings. The summed E-state index contributed by atoms with van der Waals surface area (Å²) in [4.78, 5) is 15.0. The molecule has 1 N–H and O–H groups in total. The van der Waals surface area contributed by atoms with E-state index in [-0.39, 0.29) is 5.78 Å². The number of hydrogen-bond acceptors (Lipinski definition) is 4. The first-order valence-electron chi connectivity index (χ1n) is 7.76. The van der Waals surface area contributed by atoms with Gasteiger partial charge in [0.25, 0.3) is 0 Å². The summed E-state index contributed by atoms with van der Waals surface area (Å²) in [5.74, 6) is -0.211. The molecular weight excluding hydrogens is 336 g/mol. The molecule has 0 saturated carbocycles. The van der Waals surface area contributed by atoms with E-state index in [1.54, 1.807) is 22.7 Å². The molecule has 24 heavy (non-hydrogen) atoms. The molecule has 1 unspecified atom stereocenters. The van der Waals surface area contributed by atoms with Crippen LogP contribution in [0.5, 0.6) is 0 Å². The van der Waals surface area contributed by atoms with Crippen LogP contribution in [0.1, 0.15) is 31.8 Å². The van der Waals surface area contributed by atoms with Crippen LogP contribution in [0, 0.1) is 13.8 Å². The summed E-state index contributed by atoms with van der Waals surface area (Å²) < 4.78 is 2.18. The highest BCUT2D eigenvalue weighted by Crippen LogP contribution is 2.38. The maximum absolute atomic E-state index is 13.1. The zero-order valence-electron chi connectivity index (χ0n) is 13.4. The normalized spacial score (nSPS) is 12.8. The predicted octanol–water partition coefficient (Wildman–Crippen LogP) is 5.65. The SMILES string of the molecule is Cc1sc2ccccc2c1C(=O)C(O)c1c(C)sc2ccccc12. The number of ketones is 1. The Kier molecular flexibility index (Phi) is 3.76. The Balaban J connectivity index is 1.86. The number of aryl methyl sites for hydroxylation is 2. The van der Waals surface area contributed by atoms with Crippen molar-refractivity contribution in [1.82, 2.24) is 0 Å². The molecule has 2 aromatic heterocycles. The molecule has 2 nitrogen and oxygen atoms in total. The first kappa shape index (κ1) is 15.5. The highest BCUT2D eigenvalue weighted by atomic mass is 32.1. The fourth-order valence-corrected chi connectivity index (χ4v) is 5.43. The van der Waals surface area contributed by atoms with Crippen LogP contribution in [0.15, 0.2) is 48.5 Å². The molecule has 0 bridgehead atoms. The molecule has 2 aromatic carbocycles. The molecule has 120 valence electrons.